The molecule has 2 rings (SSSR count). The summed E-state index contributed by atoms with van der Waals surface area (Å²) in [6.07, 6.45) is 1.90. The number of aliphatic hydroxyl groups is 1. The maximum Gasteiger partial charge on any atom is 0.159 e. The van der Waals surface area contributed by atoms with E-state index in [0.29, 0.717) is 17.9 Å². The quantitative estimate of drug-likeness (QED) is 0.818. The van der Waals surface area contributed by atoms with Crippen LogP contribution in [0.4, 0.5) is 0 Å². The Kier molecular flexibility index (Phi) is 5.76. The second kappa shape index (κ2) is 7.57. The molecule has 0 aromatic heterocycles. The molecule has 0 spiro atoms. The topological polar surface area (TPSA) is 49.8 Å². The van der Waals surface area contributed by atoms with Gasteiger partial charge in [0, 0.05) is 12.1 Å². The van der Waals surface area contributed by atoms with Crippen molar-refractivity contribution in [3.05, 3.63) is 29.8 Å². The molecule has 1 fully saturated rings. The minimum atomic E-state index is -0.501. The van der Waals surface area contributed by atoms with Gasteiger partial charge in [0.2, 0.25) is 0 Å². The number of rotatable bonds is 6. The third-order valence-electron chi connectivity index (χ3n) is 4.03. The van der Waals surface area contributed by atoms with Gasteiger partial charge in [-0.15, -0.1) is 0 Å². The van der Waals surface area contributed by atoms with E-state index in [2.05, 4.69) is 11.8 Å². The molecule has 0 radical (unpaired) electrons. The van der Waals surface area contributed by atoms with Crippen LogP contribution >= 0.6 is 0 Å². The van der Waals surface area contributed by atoms with Crippen molar-refractivity contribution in [2.45, 2.75) is 32.8 Å². The van der Waals surface area contributed by atoms with E-state index >= 15 is 0 Å². The number of aliphatic hydroxyl groups excluding tert-OH is 1. The Morgan fingerprint density at radius 2 is 2.14 bits per heavy atom. The van der Waals surface area contributed by atoms with Crippen molar-refractivity contribution in [1.82, 2.24) is 4.90 Å². The van der Waals surface area contributed by atoms with Crippen LogP contribution in [0, 0.1) is 5.92 Å². The zero-order chi connectivity index (χ0) is 15.2. The van der Waals surface area contributed by atoms with E-state index in [4.69, 9.17) is 4.74 Å². The molecule has 1 N–H and O–H groups in total. The molecular formula is C17H25NO3. The van der Waals surface area contributed by atoms with Crippen LogP contribution in [0.5, 0.6) is 5.75 Å². The van der Waals surface area contributed by atoms with Gasteiger partial charge in [-0.3, -0.25) is 4.79 Å². The van der Waals surface area contributed by atoms with Crippen LogP contribution in [0.3, 0.4) is 0 Å². The zero-order valence-corrected chi connectivity index (χ0v) is 12.9. The van der Waals surface area contributed by atoms with Gasteiger partial charge in [0.25, 0.3) is 0 Å². The van der Waals surface area contributed by atoms with Crippen LogP contribution in [0.2, 0.25) is 0 Å². The van der Waals surface area contributed by atoms with Gasteiger partial charge in [0.15, 0.2) is 5.78 Å². The number of carbonyl (C=O) groups excluding carboxylic acids is 1. The molecule has 4 nitrogen and oxygen atoms in total. The number of Topliss-reactive ketones (excluding diaryl/α,β-unsaturated/α-hetero) is 1. The first-order valence-corrected chi connectivity index (χ1v) is 7.69. The molecule has 116 valence electrons. The summed E-state index contributed by atoms with van der Waals surface area (Å²) in [6.45, 7) is 6.83. The summed E-state index contributed by atoms with van der Waals surface area (Å²) in [5.41, 5.74) is 0.631. The summed E-state index contributed by atoms with van der Waals surface area (Å²) >= 11 is 0. The van der Waals surface area contributed by atoms with Crippen molar-refractivity contribution in [1.29, 1.82) is 0 Å². The summed E-state index contributed by atoms with van der Waals surface area (Å²) in [7, 11) is 0. The molecular weight excluding hydrogens is 266 g/mol. The standard InChI is InChI=1S/C17H25NO3/c1-13-6-8-18(9-7-13)11-16(20)12-21-17-5-3-4-15(10-17)14(2)19/h3-5,10,13,16,20H,6-9,11-12H2,1-2H3. The smallest absolute Gasteiger partial charge is 0.159 e. The normalized spacial score (nSPS) is 18.4. The SMILES string of the molecule is CC(=O)c1cccc(OCC(O)CN2CCC(C)CC2)c1. The van der Waals surface area contributed by atoms with Crippen molar-refractivity contribution >= 4 is 5.78 Å². The summed E-state index contributed by atoms with van der Waals surface area (Å²) in [5, 5.41) is 10.1. The number of ketones is 1. The van der Waals surface area contributed by atoms with Gasteiger partial charge in [0.1, 0.15) is 18.5 Å². The van der Waals surface area contributed by atoms with Gasteiger partial charge >= 0.3 is 0 Å². The molecule has 1 aliphatic heterocycles. The number of likely N-dealkylation sites (tertiary alicyclic amines) is 1. The number of carbonyl (C=O) groups is 1. The molecule has 1 saturated heterocycles. The predicted molar refractivity (Wildman–Crippen MR) is 82.8 cm³/mol. The van der Waals surface area contributed by atoms with Crippen LogP contribution in [0.15, 0.2) is 24.3 Å². The number of benzene rings is 1. The molecule has 1 heterocycles. The lowest BCUT2D eigenvalue weighted by atomic mass is 9.99. The summed E-state index contributed by atoms with van der Waals surface area (Å²) in [4.78, 5) is 13.6. The molecule has 1 aliphatic rings. The molecule has 1 atom stereocenters. The fourth-order valence-electron chi connectivity index (χ4n) is 2.59. The van der Waals surface area contributed by atoms with E-state index in [9.17, 15) is 9.90 Å². The first-order valence-electron chi connectivity index (χ1n) is 7.69. The second-order valence-corrected chi connectivity index (χ2v) is 6.03. The fourth-order valence-corrected chi connectivity index (χ4v) is 2.59. The number of nitrogens with zero attached hydrogens (tertiary/aromatic N) is 1. The molecule has 0 saturated carbocycles. The second-order valence-electron chi connectivity index (χ2n) is 6.03. The molecule has 21 heavy (non-hydrogen) atoms. The molecule has 1 unspecified atom stereocenters. The molecule has 1 aromatic carbocycles. The zero-order valence-electron chi connectivity index (χ0n) is 12.9. The number of ether oxygens (including phenoxy) is 1. The van der Waals surface area contributed by atoms with Crippen LogP contribution < -0.4 is 4.74 Å². The van der Waals surface area contributed by atoms with Crippen LogP contribution in [-0.4, -0.2) is 48.1 Å². The molecule has 1 aromatic rings. The van der Waals surface area contributed by atoms with Crippen molar-refractivity contribution in [3.8, 4) is 5.75 Å². The van der Waals surface area contributed by atoms with Gasteiger partial charge in [-0.1, -0.05) is 19.1 Å². The number of hydrogen-bond donors (Lipinski definition) is 1. The first-order chi connectivity index (χ1) is 10.0. The maximum atomic E-state index is 11.3. The van der Waals surface area contributed by atoms with Gasteiger partial charge in [-0.25, -0.2) is 0 Å². The lowest BCUT2D eigenvalue weighted by molar-refractivity contribution is 0.0563. The van der Waals surface area contributed by atoms with Crippen LogP contribution in [0.1, 0.15) is 37.0 Å². The van der Waals surface area contributed by atoms with Gasteiger partial charge in [-0.05, 0) is 50.9 Å². The minimum Gasteiger partial charge on any atom is -0.491 e. The Bertz CT molecular complexity index is 467. The fraction of sp³-hybridized carbons (Fsp3) is 0.588. The lowest BCUT2D eigenvalue weighted by Gasteiger charge is -2.31. The molecule has 0 amide bonds. The van der Waals surface area contributed by atoms with E-state index in [1.165, 1.54) is 19.8 Å². The van der Waals surface area contributed by atoms with Crippen molar-refractivity contribution in [2.24, 2.45) is 5.92 Å². The first kappa shape index (κ1) is 16.0. The van der Waals surface area contributed by atoms with Crippen molar-refractivity contribution in [2.75, 3.05) is 26.2 Å². The van der Waals surface area contributed by atoms with Crippen molar-refractivity contribution < 1.29 is 14.6 Å². The third-order valence-corrected chi connectivity index (χ3v) is 4.03. The predicted octanol–water partition coefficient (Wildman–Crippen LogP) is 2.36. The highest BCUT2D eigenvalue weighted by Crippen LogP contribution is 2.17. The van der Waals surface area contributed by atoms with E-state index < -0.39 is 6.10 Å². The highest BCUT2D eigenvalue weighted by molar-refractivity contribution is 5.94. The largest absolute Gasteiger partial charge is 0.491 e. The van der Waals surface area contributed by atoms with E-state index in [-0.39, 0.29) is 12.4 Å². The molecule has 4 heteroatoms. The molecule has 0 aliphatic carbocycles. The summed E-state index contributed by atoms with van der Waals surface area (Å²) in [6, 6.07) is 7.09. The summed E-state index contributed by atoms with van der Waals surface area (Å²) in [5.74, 6) is 1.45. The number of piperidine rings is 1. The monoisotopic (exact) mass is 291 g/mol. The highest BCUT2D eigenvalue weighted by atomic mass is 16.5. The Morgan fingerprint density at radius 1 is 1.43 bits per heavy atom. The lowest BCUT2D eigenvalue weighted by Crippen LogP contribution is -2.40. The Morgan fingerprint density at radius 3 is 2.81 bits per heavy atom. The van der Waals surface area contributed by atoms with Crippen LogP contribution in [0.25, 0.3) is 0 Å². The minimum absolute atomic E-state index is 0.0171. The van der Waals surface area contributed by atoms with Gasteiger partial charge in [-0.2, -0.15) is 0 Å². The van der Waals surface area contributed by atoms with Crippen molar-refractivity contribution in [3.63, 3.8) is 0 Å². The molecule has 0 bridgehead atoms. The average Bonchev–Trinajstić information content (AvgIpc) is 2.48. The highest BCUT2D eigenvalue weighted by Gasteiger charge is 2.18. The van der Waals surface area contributed by atoms with Gasteiger partial charge in [0.05, 0.1) is 0 Å². The number of β-amino-alcohol motifs (C(OH)–C–C–N with tert-alkyl or cyclic N) is 1. The Labute approximate surface area is 126 Å². The van der Waals surface area contributed by atoms with E-state index in [1.807, 2.05) is 6.07 Å². The number of hydrogen-bond acceptors (Lipinski definition) is 4. The van der Waals surface area contributed by atoms with E-state index in [0.717, 1.165) is 19.0 Å². The average molecular weight is 291 g/mol. The Hall–Kier alpha value is -1.39. The van der Waals surface area contributed by atoms with Crippen LogP contribution in [-0.2, 0) is 0 Å². The summed E-state index contributed by atoms with van der Waals surface area (Å²) < 4.78 is 5.59. The van der Waals surface area contributed by atoms with E-state index in [1.54, 1.807) is 18.2 Å². The Balaban J connectivity index is 1.77. The third kappa shape index (κ3) is 5.14. The maximum absolute atomic E-state index is 11.3. The van der Waals surface area contributed by atoms with Gasteiger partial charge < -0.3 is 14.7 Å².